The number of ether oxygens (including phenoxy) is 2. The molecule has 0 aromatic rings. The molecule has 1 N–H and O–H groups in total. The summed E-state index contributed by atoms with van der Waals surface area (Å²) in [6, 6.07) is 0. The number of phosphoric acid groups is 1. The van der Waals surface area contributed by atoms with Gasteiger partial charge in [-0.3, -0.25) is 13.8 Å². The number of quaternary nitrogens is 1. The quantitative estimate of drug-likeness (QED) is 0.0214. The van der Waals surface area contributed by atoms with Gasteiger partial charge in [0.15, 0.2) is 0 Å². The van der Waals surface area contributed by atoms with Crippen molar-refractivity contribution in [3.05, 3.63) is 60.8 Å². The van der Waals surface area contributed by atoms with E-state index in [-0.39, 0.29) is 25.8 Å². The standard InChI is InChI=1S/C51H94NO7P/c1-6-8-10-12-14-16-18-20-22-23-24-25-26-27-28-29-30-31-33-35-37-39-41-43-46-56-48-50(49-58-60(54,55)57-47-45-52(3,4)5)59-51(53)44-42-40-38-36-34-32-21-19-17-15-13-11-9-7-2/h13,15,18-21,23-24,26-27,50H,6-12,14,16-17,22,25,28-49H2,1-5H3/p+1/b15-13-,20-18-,21-19-,24-23-,27-26-. The maximum Gasteiger partial charge on any atom is 0.472 e. The summed E-state index contributed by atoms with van der Waals surface area (Å²) in [6.45, 7) is 5.54. The van der Waals surface area contributed by atoms with Gasteiger partial charge >= 0.3 is 13.8 Å². The molecule has 0 radical (unpaired) electrons. The Balaban J connectivity index is 4.16. The third kappa shape index (κ3) is 47.3. The Morgan fingerprint density at radius 3 is 1.42 bits per heavy atom. The third-order valence-corrected chi connectivity index (χ3v) is 11.3. The molecule has 0 saturated heterocycles. The molecule has 0 heterocycles. The van der Waals surface area contributed by atoms with Crippen molar-refractivity contribution in [2.45, 2.75) is 206 Å². The summed E-state index contributed by atoms with van der Waals surface area (Å²) in [5.41, 5.74) is 0. The number of carbonyl (C=O) groups is 1. The lowest BCUT2D eigenvalue weighted by Gasteiger charge is -2.24. The van der Waals surface area contributed by atoms with E-state index in [4.69, 9.17) is 18.5 Å². The number of carbonyl (C=O) groups excluding carboxylic acids is 1. The largest absolute Gasteiger partial charge is 0.472 e. The molecule has 8 nitrogen and oxygen atoms in total. The predicted molar refractivity (Wildman–Crippen MR) is 256 cm³/mol. The molecular formula is C51H95NO7P+. The van der Waals surface area contributed by atoms with Crippen LogP contribution >= 0.6 is 7.82 Å². The first kappa shape index (κ1) is 58.2. The van der Waals surface area contributed by atoms with Gasteiger partial charge in [0.05, 0.1) is 34.4 Å². The lowest BCUT2D eigenvalue weighted by Crippen LogP contribution is -2.37. The maximum absolute atomic E-state index is 12.7. The van der Waals surface area contributed by atoms with E-state index >= 15 is 0 Å². The minimum atomic E-state index is -4.29. The molecule has 2 atom stereocenters. The number of phosphoric ester groups is 1. The van der Waals surface area contributed by atoms with Gasteiger partial charge in [-0.05, 0) is 77.0 Å². The van der Waals surface area contributed by atoms with E-state index in [0.717, 1.165) is 70.6 Å². The molecule has 0 spiro atoms. The minimum Gasteiger partial charge on any atom is -0.457 e. The van der Waals surface area contributed by atoms with Gasteiger partial charge in [-0.15, -0.1) is 0 Å². The predicted octanol–water partition coefficient (Wildman–Crippen LogP) is 14.9. The van der Waals surface area contributed by atoms with E-state index in [1.165, 1.54) is 109 Å². The molecule has 60 heavy (non-hydrogen) atoms. The zero-order chi connectivity index (χ0) is 44.1. The zero-order valence-corrected chi connectivity index (χ0v) is 40.6. The van der Waals surface area contributed by atoms with Gasteiger partial charge in [-0.2, -0.15) is 0 Å². The van der Waals surface area contributed by atoms with E-state index in [1.54, 1.807) is 0 Å². The first-order valence-corrected chi connectivity index (χ1v) is 26.0. The first-order valence-electron chi connectivity index (χ1n) is 24.5. The Hall–Kier alpha value is -1.80. The number of likely N-dealkylation sites (N-methyl/N-ethyl adjacent to an activating group) is 1. The second-order valence-electron chi connectivity index (χ2n) is 17.5. The lowest BCUT2D eigenvalue weighted by atomic mass is 10.1. The van der Waals surface area contributed by atoms with Gasteiger partial charge in [-0.1, -0.05) is 177 Å². The van der Waals surface area contributed by atoms with Gasteiger partial charge in [0.2, 0.25) is 0 Å². The maximum atomic E-state index is 12.7. The topological polar surface area (TPSA) is 91.3 Å². The van der Waals surface area contributed by atoms with Gasteiger partial charge < -0.3 is 18.9 Å². The average Bonchev–Trinajstić information content (AvgIpc) is 3.20. The second-order valence-corrected chi connectivity index (χ2v) is 18.9. The van der Waals surface area contributed by atoms with Crippen LogP contribution in [0.15, 0.2) is 60.8 Å². The molecule has 0 aliphatic heterocycles. The number of allylic oxidation sites excluding steroid dienone is 10. The number of hydrogen-bond donors (Lipinski definition) is 1. The van der Waals surface area contributed by atoms with Crippen LogP contribution in [0.1, 0.15) is 200 Å². The number of esters is 1. The summed E-state index contributed by atoms with van der Waals surface area (Å²) in [5.74, 6) is -0.331. The monoisotopic (exact) mass is 865 g/mol. The van der Waals surface area contributed by atoms with Crippen LogP contribution in [-0.4, -0.2) is 75.6 Å². The number of hydrogen-bond acceptors (Lipinski definition) is 6. The Bertz CT molecular complexity index is 1140. The Morgan fingerprint density at radius 1 is 0.517 bits per heavy atom. The highest BCUT2D eigenvalue weighted by Crippen LogP contribution is 2.43. The van der Waals surface area contributed by atoms with Crippen molar-refractivity contribution >= 4 is 13.8 Å². The molecule has 9 heteroatoms. The van der Waals surface area contributed by atoms with Crippen molar-refractivity contribution in [1.82, 2.24) is 0 Å². The summed E-state index contributed by atoms with van der Waals surface area (Å²) >= 11 is 0. The van der Waals surface area contributed by atoms with E-state index in [2.05, 4.69) is 74.6 Å². The summed E-state index contributed by atoms with van der Waals surface area (Å²) < 4.78 is 35.1. The molecule has 0 aromatic carbocycles. The van der Waals surface area contributed by atoms with Crippen LogP contribution in [0.25, 0.3) is 0 Å². The van der Waals surface area contributed by atoms with Gasteiger partial charge in [0, 0.05) is 13.0 Å². The van der Waals surface area contributed by atoms with Crippen molar-refractivity contribution in [3.63, 3.8) is 0 Å². The molecule has 0 aliphatic carbocycles. The highest BCUT2D eigenvalue weighted by Gasteiger charge is 2.26. The van der Waals surface area contributed by atoms with Crippen LogP contribution in [0.3, 0.4) is 0 Å². The lowest BCUT2D eigenvalue weighted by molar-refractivity contribution is -0.870. The van der Waals surface area contributed by atoms with E-state index < -0.39 is 13.9 Å². The molecule has 0 aromatic heterocycles. The fourth-order valence-corrected chi connectivity index (χ4v) is 7.20. The molecule has 0 aliphatic rings. The van der Waals surface area contributed by atoms with E-state index in [9.17, 15) is 14.3 Å². The number of rotatable bonds is 45. The van der Waals surface area contributed by atoms with Crippen molar-refractivity contribution in [3.8, 4) is 0 Å². The zero-order valence-electron chi connectivity index (χ0n) is 39.7. The van der Waals surface area contributed by atoms with Crippen LogP contribution < -0.4 is 0 Å². The summed E-state index contributed by atoms with van der Waals surface area (Å²) in [7, 11) is 1.65. The van der Waals surface area contributed by atoms with Crippen LogP contribution in [0.4, 0.5) is 0 Å². The molecule has 350 valence electrons. The third-order valence-electron chi connectivity index (χ3n) is 10.3. The van der Waals surface area contributed by atoms with Crippen molar-refractivity contribution in [2.24, 2.45) is 0 Å². The summed E-state index contributed by atoms with van der Waals surface area (Å²) in [4.78, 5) is 22.9. The second kappa shape index (κ2) is 43.8. The van der Waals surface area contributed by atoms with Crippen molar-refractivity contribution in [1.29, 1.82) is 0 Å². The SMILES string of the molecule is CCCC/C=C\C/C=C\CCCCCCCC(=O)OC(COCCCCCCCCCCC/C=C\C/C=C\C/C=C\CCCCCCC)COP(=O)(O)OCC[N+](C)(C)C. The van der Waals surface area contributed by atoms with Crippen LogP contribution in [0.5, 0.6) is 0 Å². The Labute approximate surface area is 370 Å². The minimum absolute atomic E-state index is 0.0822. The Morgan fingerprint density at radius 2 is 0.933 bits per heavy atom. The summed E-state index contributed by atoms with van der Waals surface area (Å²) in [5, 5.41) is 0. The molecule has 0 bridgehead atoms. The van der Waals surface area contributed by atoms with Crippen molar-refractivity contribution < 1.29 is 37.3 Å². The van der Waals surface area contributed by atoms with Gasteiger partial charge in [0.25, 0.3) is 0 Å². The number of nitrogens with zero attached hydrogens (tertiary/aromatic N) is 1. The van der Waals surface area contributed by atoms with E-state index in [1.807, 2.05) is 21.1 Å². The normalized spacial score (nSPS) is 14.2. The molecule has 0 amide bonds. The average molecular weight is 865 g/mol. The van der Waals surface area contributed by atoms with Crippen LogP contribution in [0, 0.1) is 0 Å². The highest BCUT2D eigenvalue weighted by atomic mass is 31.2. The van der Waals surface area contributed by atoms with Crippen molar-refractivity contribution in [2.75, 3.05) is 54.1 Å². The fourth-order valence-electron chi connectivity index (χ4n) is 6.46. The fraction of sp³-hybridized carbons (Fsp3) is 0.784. The van der Waals surface area contributed by atoms with Gasteiger partial charge in [0.1, 0.15) is 19.3 Å². The first-order chi connectivity index (χ1) is 29.1. The van der Waals surface area contributed by atoms with Crippen LogP contribution in [0.2, 0.25) is 0 Å². The summed E-state index contributed by atoms with van der Waals surface area (Å²) in [6.07, 6.45) is 55.5. The smallest absolute Gasteiger partial charge is 0.457 e. The molecule has 0 saturated carbocycles. The van der Waals surface area contributed by atoms with Gasteiger partial charge in [-0.25, -0.2) is 4.57 Å². The Kier molecular flexibility index (Phi) is 42.5. The van der Waals surface area contributed by atoms with Crippen LogP contribution in [-0.2, 0) is 27.9 Å². The molecule has 0 fully saturated rings. The molecular weight excluding hydrogens is 770 g/mol. The number of unbranched alkanes of at least 4 members (excludes halogenated alkanes) is 21. The highest BCUT2D eigenvalue weighted by molar-refractivity contribution is 7.47. The molecule has 0 rings (SSSR count). The van der Waals surface area contributed by atoms with E-state index in [0.29, 0.717) is 24.1 Å². The molecule has 2 unspecified atom stereocenters.